The van der Waals surface area contributed by atoms with Gasteiger partial charge in [0, 0.05) is 22.1 Å². The SMILES string of the molecule is c1ccc(-c2cc(-c3ccc(-c4ccc(-c5ccc6c(c5)C5(CCCCC5)c5ccccc5-6)c5ccccc45)cc3)nc(-c3ccccc3)n2)cc1. The number of hydrogen-bond acceptors (Lipinski definition) is 2. The van der Waals surface area contributed by atoms with Gasteiger partial charge in [0.1, 0.15) is 0 Å². The average Bonchev–Trinajstić information content (AvgIpc) is 3.49. The lowest BCUT2D eigenvalue weighted by Gasteiger charge is -2.36. The van der Waals surface area contributed by atoms with Crippen molar-refractivity contribution in [2.45, 2.75) is 37.5 Å². The van der Waals surface area contributed by atoms with Crippen molar-refractivity contribution in [2.75, 3.05) is 0 Å². The van der Waals surface area contributed by atoms with E-state index in [9.17, 15) is 0 Å². The molecule has 248 valence electrons. The second-order valence-corrected chi connectivity index (χ2v) is 14.4. The number of aromatic nitrogens is 2. The van der Waals surface area contributed by atoms with Gasteiger partial charge >= 0.3 is 0 Å². The summed E-state index contributed by atoms with van der Waals surface area (Å²) < 4.78 is 0. The minimum Gasteiger partial charge on any atom is -0.228 e. The van der Waals surface area contributed by atoms with Crippen molar-refractivity contribution in [3.05, 3.63) is 181 Å². The summed E-state index contributed by atoms with van der Waals surface area (Å²) in [5.41, 5.74) is 16.1. The molecule has 0 atom stereocenters. The Balaban J connectivity index is 1.04. The molecule has 7 aromatic carbocycles. The van der Waals surface area contributed by atoms with Crippen LogP contribution in [0.2, 0.25) is 0 Å². The molecule has 52 heavy (non-hydrogen) atoms. The molecule has 0 radical (unpaired) electrons. The van der Waals surface area contributed by atoms with E-state index in [2.05, 4.69) is 146 Å². The zero-order chi connectivity index (χ0) is 34.5. The highest BCUT2D eigenvalue weighted by Gasteiger charge is 2.43. The van der Waals surface area contributed by atoms with E-state index in [0.29, 0.717) is 0 Å². The predicted molar refractivity (Wildman–Crippen MR) is 216 cm³/mol. The van der Waals surface area contributed by atoms with Gasteiger partial charge in [-0.2, -0.15) is 0 Å². The Bertz CT molecular complexity index is 2520. The Labute approximate surface area is 305 Å². The van der Waals surface area contributed by atoms with E-state index in [1.807, 2.05) is 24.3 Å². The summed E-state index contributed by atoms with van der Waals surface area (Å²) in [6.45, 7) is 0. The monoisotopic (exact) mass is 666 g/mol. The first-order valence-corrected chi connectivity index (χ1v) is 18.6. The Morgan fingerprint density at radius 1 is 0.346 bits per heavy atom. The molecule has 0 saturated heterocycles. The Morgan fingerprint density at radius 2 is 0.846 bits per heavy atom. The molecule has 1 spiro atoms. The number of nitrogens with zero attached hydrogens (tertiary/aromatic N) is 2. The Hall–Kier alpha value is -6.12. The molecule has 1 heterocycles. The van der Waals surface area contributed by atoms with Gasteiger partial charge in [-0.25, -0.2) is 9.97 Å². The lowest BCUT2D eigenvalue weighted by Crippen LogP contribution is -2.28. The first-order chi connectivity index (χ1) is 25.7. The van der Waals surface area contributed by atoms with E-state index in [-0.39, 0.29) is 5.41 Å². The standard InChI is InChI=1S/C50H38N2/c1-4-14-35(15-5-1)47-33-48(52-49(51-47)37-16-6-2-7-17-37)36-24-22-34(23-25-36)39-28-29-40(42-19-9-8-18-41(39)42)38-26-27-44-43-20-10-11-21-45(43)50(46(44)32-38)30-12-3-13-31-50/h1-2,4-11,14-29,32-33H,3,12-13,30-31H2. The molecule has 2 heteroatoms. The summed E-state index contributed by atoms with van der Waals surface area (Å²) in [4.78, 5) is 10.0. The van der Waals surface area contributed by atoms with Crippen molar-refractivity contribution >= 4 is 10.8 Å². The molecular weight excluding hydrogens is 629 g/mol. The first kappa shape index (κ1) is 30.7. The van der Waals surface area contributed by atoms with Gasteiger partial charge in [-0.3, -0.25) is 0 Å². The zero-order valence-electron chi connectivity index (χ0n) is 29.1. The lowest BCUT2D eigenvalue weighted by atomic mass is 9.67. The second kappa shape index (κ2) is 12.6. The molecule has 0 amide bonds. The topological polar surface area (TPSA) is 25.8 Å². The Morgan fingerprint density at radius 3 is 1.54 bits per heavy atom. The molecule has 8 aromatic rings. The summed E-state index contributed by atoms with van der Waals surface area (Å²) in [6, 6.07) is 61.6. The summed E-state index contributed by atoms with van der Waals surface area (Å²) in [5.74, 6) is 0.729. The van der Waals surface area contributed by atoms with E-state index in [1.165, 1.54) is 81.8 Å². The molecule has 0 bridgehead atoms. The van der Waals surface area contributed by atoms with Gasteiger partial charge in [-0.1, -0.05) is 177 Å². The maximum absolute atomic E-state index is 5.06. The van der Waals surface area contributed by atoms with Crippen LogP contribution in [0.1, 0.15) is 43.2 Å². The van der Waals surface area contributed by atoms with Crippen molar-refractivity contribution < 1.29 is 0 Å². The molecule has 1 saturated carbocycles. The molecule has 2 aliphatic rings. The minimum atomic E-state index is 0.144. The molecule has 1 fully saturated rings. The van der Waals surface area contributed by atoms with E-state index in [1.54, 1.807) is 5.56 Å². The number of fused-ring (bicyclic) bond motifs is 6. The Kier molecular flexibility index (Phi) is 7.42. The maximum Gasteiger partial charge on any atom is 0.160 e. The van der Waals surface area contributed by atoms with Crippen LogP contribution >= 0.6 is 0 Å². The van der Waals surface area contributed by atoms with Crippen molar-refractivity contribution in [2.24, 2.45) is 0 Å². The van der Waals surface area contributed by atoms with Gasteiger partial charge in [0.25, 0.3) is 0 Å². The van der Waals surface area contributed by atoms with Gasteiger partial charge in [-0.05, 0) is 80.3 Å². The van der Waals surface area contributed by atoms with Gasteiger partial charge < -0.3 is 0 Å². The molecule has 2 nitrogen and oxygen atoms in total. The highest BCUT2D eigenvalue weighted by Crippen LogP contribution is 2.56. The van der Waals surface area contributed by atoms with Crippen LogP contribution in [0.25, 0.3) is 78.1 Å². The van der Waals surface area contributed by atoms with Gasteiger partial charge in [0.2, 0.25) is 0 Å². The highest BCUT2D eigenvalue weighted by molar-refractivity contribution is 6.05. The largest absolute Gasteiger partial charge is 0.228 e. The molecule has 0 unspecified atom stereocenters. The van der Waals surface area contributed by atoms with Crippen LogP contribution in [-0.4, -0.2) is 9.97 Å². The quantitative estimate of drug-likeness (QED) is 0.183. The fourth-order valence-corrected chi connectivity index (χ4v) is 9.01. The van der Waals surface area contributed by atoms with Gasteiger partial charge in [0.15, 0.2) is 5.82 Å². The fourth-order valence-electron chi connectivity index (χ4n) is 9.01. The molecular formula is C50H38N2. The van der Waals surface area contributed by atoms with Crippen LogP contribution in [0.15, 0.2) is 170 Å². The van der Waals surface area contributed by atoms with Crippen LogP contribution < -0.4 is 0 Å². The summed E-state index contributed by atoms with van der Waals surface area (Å²) >= 11 is 0. The van der Waals surface area contributed by atoms with Crippen LogP contribution in [0.4, 0.5) is 0 Å². The third kappa shape index (κ3) is 5.09. The fraction of sp³-hybridized carbons (Fsp3) is 0.120. The van der Waals surface area contributed by atoms with Crippen LogP contribution in [-0.2, 0) is 5.41 Å². The maximum atomic E-state index is 5.06. The van der Waals surface area contributed by atoms with E-state index < -0.39 is 0 Å². The normalized spacial score (nSPS) is 14.3. The smallest absolute Gasteiger partial charge is 0.160 e. The van der Waals surface area contributed by atoms with Crippen LogP contribution in [0, 0.1) is 0 Å². The van der Waals surface area contributed by atoms with Crippen molar-refractivity contribution in [1.82, 2.24) is 9.97 Å². The lowest BCUT2D eigenvalue weighted by molar-refractivity contribution is 0.353. The third-order valence-electron chi connectivity index (χ3n) is 11.5. The molecule has 0 N–H and O–H groups in total. The zero-order valence-corrected chi connectivity index (χ0v) is 29.1. The molecule has 1 aromatic heterocycles. The highest BCUT2D eigenvalue weighted by atomic mass is 14.9. The first-order valence-electron chi connectivity index (χ1n) is 18.6. The van der Waals surface area contributed by atoms with Gasteiger partial charge in [0.05, 0.1) is 11.4 Å². The minimum absolute atomic E-state index is 0.144. The van der Waals surface area contributed by atoms with E-state index >= 15 is 0 Å². The van der Waals surface area contributed by atoms with Crippen molar-refractivity contribution in [3.8, 4) is 67.3 Å². The van der Waals surface area contributed by atoms with Crippen LogP contribution in [0.3, 0.4) is 0 Å². The molecule has 0 aliphatic heterocycles. The number of rotatable bonds is 5. The third-order valence-corrected chi connectivity index (χ3v) is 11.5. The van der Waals surface area contributed by atoms with Crippen molar-refractivity contribution in [1.29, 1.82) is 0 Å². The average molecular weight is 667 g/mol. The van der Waals surface area contributed by atoms with Gasteiger partial charge in [-0.15, -0.1) is 0 Å². The molecule has 2 aliphatic carbocycles. The predicted octanol–water partition coefficient (Wildman–Crippen LogP) is 13.2. The number of benzene rings is 7. The summed E-state index contributed by atoms with van der Waals surface area (Å²) in [6.07, 6.45) is 6.43. The molecule has 10 rings (SSSR count). The van der Waals surface area contributed by atoms with Crippen LogP contribution in [0.5, 0.6) is 0 Å². The summed E-state index contributed by atoms with van der Waals surface area (Å²) in [7, 11) is 0. The van der Waals surface area contributed by atoms with E-state index in [4.69, 9.17) is 9.97 Å². The van der Waals surface area contributed by atoms with E-state index in [0.717, 1.165) is 33.9 Å². The number of hydrogen-bond donors (Lipinski definition) is 0. The van der Waals surface area contributed by atoms with Crippen molar-refractivity contribution in [3.63, 3.8) is 0 Å². The second-order valence-electron chi connectivity index (χ2n) is 14.4. The summed E-state index contributed by atoms with van der Waals surface area (Å²) in [5, 5.41) is 2.55.